The molecule has 0 spiro atoms. The Bertz CT molecular complexity index is 881. The number of hydrogen-bond donors (Lipinski definition) is 1. The highest BCUT2D eigenvalue weighted by Crippen LogP contribution is 2.44. The predicted octanol–water partition coefficient (Wildman–Crippen LogP) is 4.53. The molecule has 1 aliphatic carbocycles. The lowest BCUT2D eigenvalue weighted by Crippen LogP contribution is -1.96. The third-order valence-corrected chi connectivity index (χ3v) is 5.38. The predicted molar refractivity (Wildman–Crippen MR) is 96.1 cm³/mol. The molecule has 0 aliphatic heterocycles. The lowest BCUT2D eigenvalue weighted by molar-refractivity contribution is 0.415. The zero-order valence-corrected chi connectivity index (χ0v) is 14.0. The first-order valence-electron chi connectivity index (χ1n) is 7.76. The molecule has 4 heteroatoms. The fourth-order valence-corrected chi connectivity index (χ4v) is 4.28. The van der Waals surface area contributed by atoms with Gasteiger partial charge in [-0.3, -0.25) is 0 Å². The van der Waals surface area contributed by atoms with Crippen LogP contribution in [0.25, 0.3) is 22.4 Å². The van der Waals surface area contributed by atoms with Crippen molar-refractivity contribution in [1.82, 2.24) is 4.98 Å². The van der Waals surface area contributed by atoms with E-state index >= 15 is 0 Å². The van der Waals surface area contributed by atoms with Crippen molar-refractivity contribution in [2.45, 2.75) is 19.8 Å². The van der Waals surface area contributed by atoms with Crippen molar-refractivity contribution >= 4 is 16.5 Å². The van der Waals surface area contributed by atoms with E-state index in [1.54, 1.807) is 18.4 Å². The van der Waals surface area contributed by atoms with Crippen LogP contribution in [0.3, 0.4) is 0 Å². The topological polar surface area (TPSA) is 48.1 Å². The Morgan fingerprint density at radius 3 is 2.57 bits per heavy atom. The molecule has 0 unspecified atom stereocenters. The number of nitrogen functional groups attached to an aromatic ring is 1. The molecule has 3 nitrogen and oxygen atoms in total. The number of anilines is 1. The van der Waals surface area contributed by atoms with Crippen molar-refractivity contribution < 1.29 is 4.74 Å². The van der Waals surface area contributed by atoms with Gasteiger partial charge in [0.15, 0.2) is 5.13 Å². The maximum atomic E-state index is 5.86. The third kappa shape index (κ3) is 2.21. The molecule has 23 heavy (non-hydrogen) atoms. The molecule has 1 aliphatic rings. The number of fused-ring (bicyclic) bond motifs is 3. The van der Waals surface area contributed by atoms with Gasteiger partial charge in [-0.05, 0) is 40.8 Å². The number of hydrogen-bond acceptors (Lipinski definition) is 4. The molecule has 0 fully saturated rings. The zero-order chi connectivity index (χ0) is 16.0. The van der Waals surface area contributed by atoms with Gasteiger partial charge >= 0.3 is 0 Å². The van der Waals surface area contributed by atoms with Crippen LogP contribution >= 0.6 is 11.3 Å². The highest BCUT2D eigenvalue weighted by molar-refractivity contribution is 7.15. The maximum Gasteiger partial charge on any atom is 0.180 e. The smallest absolute Gasteiger partial charge is 0.180 e. The summed E-state index contributed by atoms with van der Waals surface area (Å²) in [4.78, 5) is 5.80. The zero-order valence-electron chi connectivity index (χ0n) is 13.2. The molecular formula is C19H18N2OS. The minimum atomic E-state index is 0.665. The molecule has 2 aromatic carbocycles. The molecule has 116 valence electrons. The molecule has 0 atom stereocenters. The van der Waals surface area contributed by atoms with Crippen LogP contribution in [0.5, 0.6) is 5.75 Å². The molecule has 1 aromatic heterocycles. The van der Waals surface area contributed by atoms with E-state index in [-0.39, 0.29) is 0 Å². The summed E-state index contributed by atoms with van der Waals surface area (Å²) in [7, 11) is 1.69. The Balaban J connectivity index is 1.84. The molecule has 0 amide bonds. The highest BCUT2D eigenvalue weighted by atomic mass is 32.1. The van der Waals surface area contributed by atoms with Crippen molar-refractivity contribution in [3.8, 4) is 28.1 Å². The van der Waals surface area contributed by atoms with E-state index in [1.807, 2.05) is 12.1 Å². The summed E-state index contributed by atoms with van der Waals surface area (Å²) in [6.45, 7) is 2.22. The van der Waals surface area contributed by atoms with E-state index in [4.69, 9.17) is 10.5 Å². The fourth-order valence-electron chi connectivity index (χ4n) is 3.42. The van der Waals surface area contributed by atoms with Gasteiger partial charge in [-0.15, -0.1) is 11.3 Å². The summed E-state index contributed by atoms with van der Waals surface area (Å²) in [6, 6.07) is 12.7. The fraction of sp³-hybridized carbons (Fsp3) is 0.211. The average Bonchev–Trinajstić information content (AvgIpc) is 3.10. The van der Waals surface area contributed by atoms with Crippen molar-refractivity contribution in [3.05, 3.63) is 52.4 Å². The minimum Gasteiger partial charge on any atom is -0.497 e. The van der Waals surface area contributed by atoms with Gasteiger partial charge in [0.1, 0.15) is 5.75 Å². The molecule has 4 rings (SSSR count). The SMILES string of the molecule is CCc1c(-c2ccc(OC)cc2)ccc2c1Cc1sc(N)nc1-2. The second kappa shape index (κ2) is 5.39. The molecule has 0 bridgehead atoms. The monoisotopic (exact) mass is 322 g/mol. The van der Waals surface area contributed by atoms with Crippen molar-refractivity contribution in [2.75, 3.05) is 12.8 Å². The number of thiazole rings is 1. The van der Waals surface area contributed by atoms with E-state index in [0.717, 1.165) is 24.3 Å². The molecule has 2 N–H and O–H groups in total. The summed E-state index contributed by atoms with van der Waals surface area (Å²) in [5.74, 6) is 0.884. The Morgan fingerprint density at radius 2 is 1.87 bits per heavy atom. The molecule has 0 radical (unpaired) electrons. The Kier molecular flexibility index (Phi) is 3.34. The minimum absolute atomic E-state index is 0.665. The number of aromatic nitrogens is 1. The largest absolute Gasteiger partial charge is 0.497 e. The number of nitrogens with two attached hydrogens (primary N) is 1. The second-order valence-corrected chi connectivity index (χ2v) is 6.82. The van der Waals surface area contributed by atoms with Gasteiger partial charge in [0.2, 0.25) is 0 Å². The third-order valence-electron chi connectivity index (χ3n) is 4.49. The molecule has 0 saturated heterocycles. The Morgan fingerprint density at radius 1 is 1.13 bits per heavy atom. The van der Waals surface area contributed by atoms with E-state index in [0.29, 0.717) is 5.13 Å². The van der Waals surface area contributed by atoms with Crippen LogP contribution in [0, 0.1) is 0 Å². The summed E-state index contributed by atoms with van der Waals surface area (Å²) in [6.07, 6.45) is 1.96. The first-order valence-corrected chi connectivity index (χ1v) is 8.57. The molecule has 0 saturated carbocycles. The maximum absolute atomic E-state index is 5.86. The number of methoxy groups -OCH3 is 1. The summed E-state index contributed by atoms with van der Waals surface area (Å²) in [5.41, 5.74) is 13.6. The standard InChI is InChI=1S/C19H18N2OS/c1-3-13-14(11-4-6-12(22-2)7-5-11)8-9-15-16(13)10-17-18(15)21-19(20)23-17/h4-9H,3,10H2,1-2H3,(H2,20,21). The lowest BCUT2D eigenvalue weighted by Gasteiger charge is -2.14. The van der Waals surface area contributed by atoms with Gasteiger partial charge in [0.25, 0.3) is 0 Å². The van der Waals surface area contributed by atoms with Gasteiger partial charge in [0.05, 0.1) is 12.8 Å². The molecule has 3 aromatic rings. The lowest BCUT2D eigenvalue weighted by atomic mass is 9.91. The number of ether oxygens (including phenoxy) is 1. The van der Waals surface area contributed by atoms with E-state index < -0.39 is 0 Å². The summed E-state index contributed by atoms with van der Waals surface area (Å²) in [5, 5.41) is 0.665. The molecule has 1 heterocycles. The van der Waals surface area contributed by atoms with Gasteiger partial charge in [-0.25, -0.2) is 4.98 Å². The Hall–Kier alpha value is -2.33. The van der Waals surface area contributed by atoms with Crippen LogP contribution in [0.15, 0.2) is 36.4 Å². The van der Waals surface area contributed by atoms with E-state index in [9.17, 15) is 0 Å². The first kappa shape index (κ1) is 14.3. The van der Waals surface area contributed by atoms with Gasteiger partial charge in [0, 0.05) is 16.9 Å². The first-order chi connectivity index (χ1) is 11.2. The van der Waals surface area contributed by atoms with Crippen LogP contribution in [0.1, 0.15) is 22.9 Å². The number of nitrogens with zero attached hydrogens (tertiary/aromatic N) is 1. The second-order valence-electron chi connectivity index (χ2n) is 5.70. The van der Waals surface area contributed by atoms with Crippen LogP contribution in [0.4, 0.5) is 5.13 Å². The van der Waals surface area contributed by atoms with Crippen LogP contribution in [-0.4, -0.2) is 12.1 Å². The van der Waals surface area contributed by atoms with E-state index in [2.05, 4.69) is 36.2 Å². The van der Waals surface area contributed by atoms with E-state index in [1.165, 1.54) is 32.7 Å². The van der Waals surface area contributed by atoms with Gasteiger partial charge in [-0.1, -0.05) is 31.2 Å². The normalized spacial score (nSPS) is 12.1. The van der Waals surface area contributed by atoms with Crippen molar-refractivity contribution in [2.24, 2.45) is 0 Å². The van der Waals surface area contributed by atoms with Crippen molar-refractivity contribution in [1.29, 1.82) is 0 Å². The van der Waals surface area contributed by atoms with Crippen LogP contribution in [-0.2, 0) is 12.8 Å². The number of rotatable bonds is 3. The molecular weight excluding hydrogens is 304 g/mol. The van der Waals surface area contributed by atoms with Gasteiger partial charge < -0.3 is 10.5 Å². The number of benzene rings is 2. The van der Waals surface area contributed by atoms with Crippen LogP contribution < -0.4 is 10.5 Å². The average molecular weight is 322 g/mol. The van der Waals surface area contributed by atoms with Gasteiger partial charge in [-0.2, -0.15) is 0 Å². The quantitative estimate of drug-likeness (QED) is 0.602. The van der Waals surface area contributed by atoms with Crippen LogP contribution in [0.2, 0.25) is 0 Å². The Labute approximate surface area is 139 Å². The van der Waals surface area contributed by atoms with Crippen molar-refractivity contribution in [3.63, 3.8) is 0 Å². The summed E-state index contributed by atoms with van der Waals surface area (Å²) >= 11 is 1.61. The summed E-state index contributed by atoms with van der Waals surface area (Å²) < 4.78 is 5.26. The highest BCUT2D eigenvalue weighted by Gasteiger charge is 2.26.